The molecule has 0 aliphatic rings. The molecule has 2 heterocycles. The number of hydrogen-bond acceptors (Lipinski definition) is 6. The lowest BCUT2D eigenvalue weighted by Crippen LogP contribution is -2.34. The molecule has 124 valence electrons. The summed E-state index contributed by atoms with van der Waals surface area (Å²) in [6, 6.07) is 1.82. The van der Waals surface area contributed by atoms with Gasteiger partial charge in [0.1, 0.15) is 6.54 Å². The van der Waals surface area contributed by atoms with Gasteiger partial charge in [0.05, 0.1) is 12.1 Å². The topological polar surface area (TPSA) is 79.8 Å². The second-order valence-electron chi connectivity index (χ2n) is 4.81. The van der Waals surface area contributed by atoms with Gasteiger partial charge in [-0.3, -0.25) is 4.79 Å². The van der Waals surface area contributed by atoms with Gasteiger partial charge in [0.15, 0.2) is 5.13 Å². The van der Waals surface area contributed by atoms with Crippen LogP contribution in [0.15, 0.2) is 11.4 Å². The SMILES string of the molecule is Cc1cc(C)nc(Nc2nc(CC(=O)NCC(F)(F)F)cs2)n1. The van der Waals surface area contributed by atoms with Gasteiger partial charge in [0.2, 0.25) is 11.9 Å². The van der Waals surface area contributed by atoms with Crippen molar-refractivity contribution in [1.29, 1.82) is 0 Å². The van der Waals surface area contributed by atoms with Crippen molar-refractivity contribution < 1.29 is 18.0 Å². The first-order valence-corrected chi connectivity index (χ1v) is 7.46. The molecule has 0 aromatic carbocycles. The van der Waals surface area contributed by atoms with Gasteiger partial charge >= 0.3 is 6.18 Å². The first-order valence-electron chi connectivity index (χ1n) is 6.58. The molecule has 0 bridgehead atoms. The largest absolute Gasteiger partial charge is 0.405 e. The highest BCUT2D eigenvalue weighted by molar-refractivity contribution is 7.13. The van der Waals surface area contributed by atoms with E-state index in [4.69, 9.17) is 0 Å². The fraction of sp³-hybridized carbons (Fsp3) is 0.385. The van der Waals surface area contributed by atoms with Crippen LogP contribution in [0.5, 0.6) is 0 Å². The fourth-order valence-corrected chi connectivity index (χ4v) is 2.45. The van der Waals surface area contributed by atoms with Crippen molar-refractivity contribution in [2.45, 2.75) is 26.4 Å². The van der Waals surface area contributed by atoms with Crippen molar-refractivity contribution in [3.05, 3.63) is 28.5 Å². The zero-order valence-corrected chi connectivity index (χ0v) is 13.2. The molecule has 0 atom stereocenters. The zero-order chi connectivity index (χ0) is 17.0. The number of anilines is 2. The Kier molecular flexibility index (Phi) is 5.14. The van der Waals surface area contributed by atoms with Crippen LogP contribution in [0, 0.1) is 13.8 Å². The summed E-state index contributed by atoms with van der Waals surface area (Å²) >= 11 is 1.22. The first-order chi connectivity index (χ1) is 10.7. The van der Waals surface area contributed by atoms with Crippen LogP contribution in [0.3, 0.4) is 0 Å². The number of aromatic nitrogens is 3. The summed E-state index contributed by atoms with van der Waals surface area (Å²) in [5.74, 6) is -0.355. The summed E-state index contributed by atoms with van der Waals surface area (Å²) in [5.41, 5.74) is 1.97. The minimum absolute atomic E-state index is 0.220. The fourth-order valence-electron chi connectivity index (χ4n) is 1.75. The molecule has 2 aromatic heterocycles. The molecule has 0 radical (unpaired) electrons. The summed E-state index contributed by atoms with van der Waals surface area (Å²) < 4.78 is 36.0. The lowest BCUT2D eigenvalue weighted by molar-refractivity contribution is -0.138. The van der Waals surface area contributed by atoms with Crippen molar-refractivity contribution in [2.75, 3.05) is 11.9 Å². The summed E-state index contributed by atoms with van der Waals surface area (Å²) in [6.45, 7) is 2.31. The third-order valence-corrected chi connectivity index (χ3v) is 3.39. The highest BCUT2D eigenvalue weighted by atomic mass is 32.1. The zero-order valence-electron chi connectivity index (χ0n) is 12.4. The third kappa shape index (κ3) is 5.81. The lowest BCUT2D eigenvalue weighted by atomic mass is 10.3. The van der Waals surface area contributed by atoms with E-state index in [0.717, 1.165) is 11.4 Å². The number of rotatable bonds is 5. The number of hydrogen-bond donors (Lipinski definition) is 2. The standard InChI is InChI=1S/C13H14F3N5OS/c1-7-3-8(2)19-11(18-7)21-12-20-9(5-23-12)4-10(22)17-6-13(14,15)16/h3,5H,4,6H2,1-2H3,(H,17,22)(H,18,19,20,21). The van der Waals surface area contributed by atoms with Gasteiger partial charge in [-0.05, 0) is 19.9 Å². The Morgan fingerprint density at radius 3 is 2.48 bits per heavy atom. The average molecular weight is 345 g/mol. The minimum Gasteiger partial charge on any atom is -0.347 e. The second kappa shape index (κ2) is 6.90. The van der Waals surface area contributed by atoms with Crippen LogP contribution < -0.4 is 10.6 Å². The Bertz CT molecular complexity index is 681. The maximum Gasteiger partial charge on any atom is 0.405 e. The number of alkyl halides is 3. The van der Waals surface area contributed by atoms with E-state index in [1.807, 2.05) is 19.9 Å². The molecule has 0 fully saturated rings. The van der Waals surface area contributed by atoms with Crippen LogP contribution >= 0.6 is 11.3 Å². The van der Waals surface area contributed by atoms with Crippen molar-refractivity contribution in [3.63, 3.8) is 0 Å². The molecule has 2 aromatic rings. The molecule has 10 heteroatoms. The molecule has 0 spiro atoms. The number of carbonyl (C=O) groups is 1. The Labute approximate surface area is 134 Å². The molecule has 0 saturated heterocycles. The van der Waals surface area contributed by atoms with Crippen molar-refractivity contribution in [2.24, 2.45) is 0 Å². The Hall–Kier alpha value is -2.23. The lowest BCUT2D eigenvalue weighted by Gasteiger charge is -2.07. The maximum absolute atomic E-state index is 12.0. The third-order valence-electron chi connectivity index (χ3n) is 2.58. The average Bonchev–Trinajstić information content (AvgIpc) is 2.81. The smallest absolute Gasteiger partial charge is 0.347 e. The Balaban J connectivity index is 1.94. The molecule has 2 rings (SSSR count). The van der Waals surface area contributed by atoms with E-state index in [1.165, 1.54) is 11.3 Å². The van der Waals surface area contributed by atoms with Crippen LogP contribution in [0.4, 0.5) is 24.3 Å². The second-order valence-corrected chi connectivity index (χ2v) is 5.67. The van der Waals surface area contributed by atoms with Crippen molar-refractivity contribution in [1.82, 2.24) is 20.3 Å². The number of halogens is 3. The van der Waals surface area contributed by atoms with Gasteiger partial charge in [-0.25, -0.2) is 15.0 Å². The van der Waals surface area contributed by atoms with Crippen molar-refractivity contribution in [3.8, 4) is 0 Å². The molecular formula is C13H14F3N5OS. The van der Waals surface area contributed by atoms with Crippen LogP contribution in [0.2, 0.25) is 0 Å². The predicted molar refractivity (Wildman–Crippen MR) is 79.7 cm³/mol. The van der Waals surface area contributed by atoms with Gasteiger partial charge in [-0.2, -0.15) is 13.2 Å². The molecule has 23 heavy (non-hydrogen) atoms. The van der Waals surface area contributed by atoms with Gasteiger partial charge in [-0.1, -0.05) is 0 Å². The summed E-state index contributed by atoms with van der Waals surface area (Å²) in [7, 11) is 0. The Morgan fingerprint density at radius 2 is 1.87 bits per heavy atom. The van der Waals surface area contributed by atoms with Gasteiger partial charge in [0.25, 0.3) is 0 Å². The van der Waals surface area contributed by atoms with E-state index in [9.17, 15) is 18.0 Å². The molecule has 0 unspecified atom stereocenters. The molecule has 6 nitrogen and oxygen atoms in total. The van der Waals surface area contributed by atoms with E-state index in [0.29, 0.717) is 16.8 Å². The van der Waals surface area contributed by atoms with Crippen LogP contribution in [0.25, 0.3) is 0 Å². The normalized spacial score (nSPS) is 11.3. The number of amides is 1. The van der Waals surface area contributed by atoms with E-state index in [2.05, 4.69) is 20.3 Å². The number of thiazole rings is 1. The van der Waals surface area contributed by atoms with E-state index in [-0.39, 0.29) is 6.42 Å². The summed E-state index contributed by atoms with van der Waals surface area (Å²) in [6.07, 6.45) is -4.65. The van der Waals surface area contributed by atoms with Gasteiger partial charge in [-0.15, -0.1) is 11.3 Å². The number of carbonyl (C=O) groups excluding carboxylic acids is 1. The predicted octanol–water partition coefficient (Wildman–Crippen LogP) is 2.51. The van der Waals surface area contributed by atoms with Crippen LogP contribution in [-0.2, 0) is 11.2 Å². The van der Waals surface area contributed by atoms with Crippen molar-refractivity contribution >= 4 is 28.3 Å². The van der Waals surface area contributed by atoms with E-state index in [1.54, 1.807) is 10.7 Å². The summed E-state index contributed by atoms with van der Waals surface area (Å²) in [4.78, 5) is 24.0. The highest BCUT2D eigenvalue weighted by Crippen LogP contribution is 2.19. The molecule has 0 saturated carbocycles. The summed E-state index contributed by atoms with van der Waals surface area (Å²) in [5, 5.41) is 6.77. The van der Waals surface area contributed by atoms with Gasteiger partial charge < -0.3 is 10.6 Å². The molecule has 1 amide bonds. The molecule has 0 aliphatic carbocycles. The van der Waals surface area contributed by atoms with E-state index < -0.39 is 18.6 Å². The highest BCUT2D eigenvalue weighted by Gasteiger charge is 2.27. The Morgan fingerprint density at radius 1 is 1.22 bits per heavy atom. The van der Waals surface area contributed by atoms with Crippen LogP contribution in [-0.4, -0.2) is 33.6 Å². The monoisotopic (exact) mass is 345 g/mol. The quantitative estimate of drug-likeness (QED) is 0.870. The molecule has 2 N–H and O–H groups in total. The minimum atomic E-state index is -4.43. The number of nitrogens with one attached hydrogen (secondary N) is 2. The number of nitrogens with zero attached hydrogens (tertiary/aromatic N) is 3. The van der Waals surface area contributed by atoms with E-state index >= 15 is 0 Å². The molecular weight excluding hydrogens is 331 g/mol. The van der Waals surface area contributed by atoms with Gasteiger partial charge in [0, 0.05) is 16.8 Å². The molecule has 0 aliphatic heterocycles. The maximum atomic E-state index is 12.0. The first kappa shape index (κ1) is 17.1. The van der Waals surface area contributed by atoms with Crippen LogP contribution in [0.1, 0.15) is 17.1 Å². The number of aryl methyl sites for hydroxylation is 2.